The molecule has 0 amide bonds. The maximum Gasteiger partial charge on any atom is 0.424 e. The normalized spacial score (nSPS) is 10.8. The van der Waals surface area contributed by atoms with E-state index in [0.717, 1.165) is 0 Å². The van der Waals surface area contributed by atoms with Crippen molar-refractivity contribution >= 4 is 28.7 Å². The SMILES string of the molecule is COC(=O)c1ccc2oc(=O)n(-c3cccc(Cl)c3)c2c1. The summed E-state index contributed by atoms with van der Waals surface area (Å²) in [5, 5.41) is 0.498. The number of rotatable bonds is 2. The average molecular weight is 304 g/mol. The molecule has 0 bridgehead atoms. The van der Waals surface area contributed by atoms with Gasteiger partial charge in [0.25, 0.3) is 0 Å². The summed E-state index contributed by atoms with van der Waals surface area (Å²) in [6, 6.07) is 11.5. The molecule has 6 heteroatoms. The predicted octanol–water partition coefficient (Wildman–Crippen LogP) is 3.02. The fraction of sp³-hybridized carbons (Fsp3) is 0.0667. The summed E-state index contributed by atoms with van der Waals surface area (Å²) in [7, 11) is 1.30. The Bertz CT molecular complexity index is 894. The second-order valence-electron chi connectivity index (χ2n) is 4.36. The zero-order chi connectivity index (χ0) is 15.0. The highest BCUT2D eigenvalue weighted by Gasteiger charge is 2.14. The van der Waals surface area contributed by atoms with E-state index in [4.69, 9.17) is 16.0 Å². The average Bonchev–Trinajstić information content (AvgIpc) is 2.81. The first-order chi connectivity index (χ1) is 10.1. The first kappa shape index (κ1) is 13.5. The molecule has 0 aliphatic carbocycles. The van der Waals surface area contributed by atoms with E-state index in [1.165, 1.54) is 11.7 Å². The van der Waals surface area contributed by atoms with E-state index < -0.39 is 11.7 Å². The van der Waals surface area contributed by atoms with Gasteiger partial charge in [0.05, 0.1) is 23.9 Å². The zero-order valence-corrected chi connectivity index (χ0v) is 11.8. The number of carbonyl (C=O) groups is 1. The van der Waals surface area contributed by atoms with Crippen LogP contribution in [0.25, 0.3) is 16.8 Å². The van der Waals surface area contributed by atoms with Crippen LogP contribution < -0.4 is 5.76 Å². The van der Waals surface area contributed by atoms with E-state index in [2.05, 4.69) is 4.74 Å². The lowest BCUT2D eigenvalue weighted by Gasteiger charge is -2.03. The molecule has 0 spiro atoms. The maximum absolute atomic E-state index is 12.0. The Kier molecular flexibility index (Phi) is 3.27. The highest BCUT2D eigenvalue weighted by atomic mass is 35.5. The van der Waals surface area contributed by atoms with Gasteiger partial charge in [0.2, 0.25) is 0 Å². The standard InChI is InChI=1S/C15H10ClNO4/c1-20-14(18)9-5-6-13-12(7-9)17(15(19)21-13)11-4-2-3-10(16)8-11/h2-8H,1H3. The summed E-state index contributed by atoms with van der Waals surface area (Å²) in [5.41, 5.74) is 1.76. The minimum Gasteiger partial charge on any atom is -0.465 e. The van der Waals surface area contributed by atoms with Crippen LogP contribution in [0.2, 0.25) is 5.02 Å². The number of carbonyl (C=O) groups excluding carboxylic acids is 1. The number of fused-ring (bicyclic) bond motifs is 1. The first-order valence-corrected chi connectivity index (χ1v) is 6.48. The molecule has 106 valence electrons. The van der Waals surface area contributed by atoms with Crippen molar-refractivity contribution in [3.63, 3.8) is 0 Å². The van der Waals surface area contributed by atoms with E-state index in [9.17, 15) is 9.59 Å². The van der Waals surface area contributed by atoms with Crippen molar-refractivity contribution in [2.24, 2.45) is 0 Å². The number of hydrogen-bond donors (Lipinski definition) is 0. The second kappa shape index (κ2) is 5.10. The molecule has 3 aromatic rings. The number of hydrogen-bond acceptors (Lipinski definition) is 4. The highest BCUT2D eigenvalue weighted by Crippen LogP contribution is 2.21. The Morgan fingerprint density at radius 1 is 1.24 bits per heavy atom. The van der Waals surface area contributed by atoms with Crippen molar-refractivity contribution in [2.75, 3.05) is 7.11 Å². The third-order valence-electron chi connectivity index (χ3n) is 3.07. The molecule has 0 N–H and O–H groups in total. The van der Waals surface area contributed by atoms with Gasteiger partial charge in [-0.1, -0.05) is 17.7 Å². The Morgan fingerprint density at radius 2 is 2.05 bits per heavy atom. The number of esters is 1. The number of methoxy groups -OCH3 is 1. The molecular weight excluding hydrogens is 294 g/mol. The molecule has 1 aromatic heterocycles. The Hall–Kier alpha value is -2.53. The summed E-state index contributed by atoms with van der Waals surface area (Å²) in [5.74, 6) is -1.03. The molecule has 0 saturated heterocycles. The third-order valence-corrected chi connectivity index (χ3v) is 3.30. The van der Waals surface area contributed by atoms with Gasteiger partial charge >= 0.3 is 11.7 Å². The van der Waals surface area contributed by atoms with Crippen LogP contribution in [-0.2, 0) is 4.74 Å². The number of oxazole rings is 1. The Labute approximate surface area is 124 Å². The third kappa shape index (κ3) is 2.32. The van der Waals surface area contributed by atoms with Gasteiger partial charge in [-0.2, -0.15) is 0 Å². The fourth-order valence-electron chi connectivity index (χ4n) is 2.12. The van der Waals surface area contributed by atoms with Crippen molar-refractivity contribution < 1.29 is 13.9 Å². The minimum absolute atomic E-state index is 0.335. The smallest absolute Gasteiger partial charge is 0.424 e. The topological polar surface area (TPSA) is 61.4 Å². The molecule has 1 heterocycles. The van der Waals surface area contributed by atoms with Crippen LogP contribution in [0.1, 0.15) is 10.4 Å². The summed E-state index contributed by atoms with van der Waals surface area (Å²) in [6.45, 7) is 0. The van der Waals surface area contributed by atoms with E-state index in [-0.39, 0.29) is 0 Å². The van der Waals surface area contributed by atoms with Crippen LogP contribution in [0.4, 0.5) is 0 Å². The van der Waals surface area contributed by atoms with Crippen LogP contribution in [0, 0.1) is 0 Å². The number of nitrogens with zero attached hydrogens (tertiary/aromatic N) is 1. The largest absolute Gasteiger partial charge is 0.465 e. The van der Waals surface area contributed by atoms with Crippen molar-refractivity contribution in [3.8, 4) is 5.69 Å². The highest BCUT2D eigenvalue weighted by molar-refractivity contribution is 6.30. The van der Waals surface area contributed by atoms with Crippen LogP contribution in [0.3, 0.4) is 0 Å². The van der Waals surface area contributed by atoms with E-state index >= 15 is 0 Å². The number of benzene rings is 2. The van der Waals surface area contributed by atoms with E-state index in [1.807, 2.05) is 0 Å². The van der Waals surface area contributed by atoms with Crippen LogP contribution in [0.5, 0.6) is 0 Å². The molecule has 0 aliphatic rings. The first-order valence-electron chi connectivity index (χ1n) is 6.10. The molecule has 0 fully saturated rings. The van der Waals surface area contributed by atoms with Gasteiger partial charge in [-0.05, 0) is 36.4 Å². The van der Waals surface area contributed by atoms with E-state index in [1.54, 1.807) is 42.5 Å². The summed E-state index contributed by atoms with van der Waals surface area (Å²) in [4.78, 5) is 23.6. The lowest BCUT2D eigenvalue weighted by molar-refractivity contribution is 0.0601. The van der Waals surface area contributed by atoms with Gasteiger partial charge in [0.1, 0.15) is 0 Å². The molecule has 5 nitrogen and oxygen atoms in total. The van der Waals surface area contributed by atoms with Gasteiger partial charge in [-0.15, -0.1) is 0 Å². The molecular formula is C15H10ClNO4. The van der Waals surface area contributed by atoms with Gasteiger partial charge in [-0.25, -0.2) is 14.2 Å². The molecule has 0 unspecified atom stereocenters. The van der Waals surface area contributed by atoms with Crippen molar-refractivity contribution in [3.05, 3.63) is 63.6 Å². The molecule has 0 saturated carbocycles. The molecule has 2 aromatic carbocycles. The summed E-state index contributed by atoms with van der Waals surface area (Å²) in [6.07, 6.45) is 0. The van der Waals surface area contributed by atoms with Crippen LogP contribution in [0.15, 0.2) is 51.7 Å². The maximum atomic E-state index is 12.0. The monoisotopic (exact) mass is 303 g/mol. The molecule has 0 radical (unpaired) electrons. The summed E-state index contributed by atoms with van der Waals surface area (Å²) < 4.78 is 11.2. The van der Waals surface area contributed by atoms with Gasteiger partial charge in [0, 0.05) is 5.02 Å². The van der Waals surface area contributed by atoms with Crippen molar-refractivity contribution in [1.29, 1.82) is 0 Å². The van der Waals surface area contributed by atoms with Crippen LogP contribution >= 0.6 is 11.6 Å². The van der Waals surface area contributed by atoms with Crippen molar-refractivity contribution in [1.82, 2.24) is 4.57 Å². The van der Waals surface area contributed by atoms with Gasteiger partial charge < -0.3 is 9.15 Å². The lowest BCUT2D eigenvalue weighted by Crippen LogP contribution is -2.11. The number of aromatic nitrogens is 1. The fourth-order valence-corrected chi connectivity index (χ4v) is 2.31. The van der Waals surface area contributed by atoms with Crippen molar-refractivity contribution in [2.45, 2.75) is 0 Å². The minimum atomic E-state index is -0.547. The quantitative estimate of drug-likeness (QED) is 0.683. The molecule has 0 atom stereocenters. The summed E-state index contributed by atoms with van der Waals surface area (Å²) >= 11 is 5.95. The number of ether oxygens (including phenoxy) is 1. The molecule has 21 heavy (non-hydrogen) atoms. The zero-order valence-electron chi connectivity index (χ0n) is 11.0. The predicted molar refractivity (Wildman–Crippen MR) is 78.2 cm³/mol. The Balaban J connectivity index is 2.29. The van der Waals surface area contributed by atoms with Crippen LogP contribution in [-0.4, -0.2) is 17.6 Å². The Morgan fingerprint density at radius 3 is 2.76 bits per heavy atom. The lowest BCUT2D eigenvalue weighted by atomic mass is 10.2. The van der Waals surface area contributed by atoms with Gasteiger partial charge in [0.15, 0.2) is 5.58 Å². The molecule has 3 rings (SSSR count). The van der Waals surface area contributed by atoms with Gasteiger partial charge in [-0.3, -0.25) is 0 Å². The second-order valence-corrected chi connectivity index (χ2v) is 4.79. The number of halogens is 1. The van der Waals surface area contributed by atoms with E-state index in [0.29, 0.717) is 27.4 Å². The molecule has 0 aliphatic heterocycles.